The molecule has 1 heterocycles. The highest BCUT2D eigenvalue weighted by molar-refractivity contribution is 9.10. The van der Waals surface area contributed by atoms with Crippen molar-refractivity contribution in [3.63, 3.8) is 0 Å². The van der Waals surface area contributed by atoms with Crippen LogP contribution in [-0.4, -0.2) is 0 Å². The lowest BCUT2D eigenvalue weighted by Gasteiger charge is -2.11. The second-order valence-corrected chi connectivity index (χ2v) is 6.55. The molecule has 2 N–H and O–H groups in total. The Morgan fingerprint density at radius 2 is 2.06 bits per heavy atom. The van der Waals surface area contributed by atoms with Gasteiger partial charge in [-0.2, -0.15) is 0 Å². The summed E-state index contributed by atoms with van der Waals surface area (Å²) in [4.78, 5) is 2.64. The summed E-state index contributed by atoms with van der Waals surface area (Å²) in [6.45, 7) is 4.27. The Bertz CT molecular complexity index is 519. The molecule has 1 atom stereocenters. The largest absolute Gasteiger partial charge is 0.323 e. The van der Waals surface area contributed by atoms with Crippen molar-refractivity contribution >= 4 is 27.3 Å². The number of hydrogen-bond donors (Lipinski definition) is 1. The summed E-state index contributed by atoms with van der Waals surface area (Å²) in [5.41, 5.74) is 8.88. The van der Waals surface area contributed by atoms with E-state index in [1.54, 1.807) is 0 Å². The Hall–Kier alpha value is -0.640. The number of hydrogen-bond acceptors (Lipinski definition) is 2. The number of rotatable bonds is 3. The topological polar surface area (TPSA) is 26.0 Å². The van der Waals surface area contributed by atoms with E-state index in [2.05, 4.69) is 54.0 Å². The fourth-order valence-corrected chi connectivity index (χ4v) is 3.52. The Kier molecular flexibility index (Phi) is 4.02. The van der Waals surface area contributed by atoms with Gasteiger partial charge in [0, 0.05) is 20.3 Å². The molecule has 0 aliphatic heterocycles. The third-order valence-electron chi connectivity index (χ3n) is 2.76. The highest BCUT2D eigenvalue weighted by Crippen LogP contribution is 2.28. The zero-order valence-corrected chi connectivity index (χ0v) is 12.4. The number of thiophene rings is 1. The highest BCUT2D eigenvalue weighted by Gasteiger charge is 2.12. The minimum absolute atomic E-state index is 0.1000. The standard InChI is InChI=1S/C14H16BrNS/c1-9-6-10(2)17-14(9)13(16)8-11-4-3-5-12(15)7-11/h3-7,13H,8,16H2,1-2H3. The lowest BCUT2D eigenvalue weighted by atomic mass is 10.0. The van der Waals surface area contributed by atoms with E-state index in [0.717, 1.165) is 10.9 Å². The molecule has 3 heteroatoms. The fourth-order valence-electron chi connectivity index (χ4n) is 2.04. The summed E-state index contributed by atoms with van der Waals surface area (Å²) < 4.78 is 1.11. The summed E-state index contributed by atoms with van der Waals surface area (Å²) in [6.07, 6.45) is 0.889. The number of aryl methyl sites for hydroxylation is 2. The summed E-state index contributed by atoms with van der Waals surface area (Å²) in [5.74, 6) is 0. The number of nitrogens with two attached hydrogens (primary N) is 1. The van der Waals surface area contributed by atoms with E-state index in [9.17, 15) is 0 Å². The first-order valence-electron chi connectivity index (χ1n) is 5.63. The van der Waals surface area contributed by atoms with Crippen molar-refractivity contribution in [2.24, 2.45) is 5.73 Å². The molecule has 2 rings (SSSR count). The van der Waals surface area contributed by atoms with Crippen molar-refractivity contribution in [2.45, 2.75) is 26.3 Å². The molecule has 2 aromatic rings. The molecule has 1 aromatic carbocycles. The minimum Gasteiger partial charge on any atom is -0.323 e. The van der Waals surface area contributed by atoms with Gasteiger partial charge in [0.15, 0.2) is 0 Å². The van der Waals surface area contributed by atoms with Crippen molar-refractivity contribution in [3.05, 3.63) is 55.7 Å². The Labute approximate surface area is 115 Å². The lowest BCUT2D eigenvalue weighted by molar-refractivity contribution is 0.732. The van der Waals surface area contributed by atoms with Crippen LogP contribution < -0.4 is 5.73 Å². The molecule has 0 bridgehead atoms. The van der Waals surface area contributed by atoms with Gasteiger partial charge < -0.3 is 5.73 Å². The quantitative estimate of drug-likeness (QED) is 0.895. The van der Waals surface area contributed by atoms with E-state index in [4.69, 9.17) is 5.73 Å². The van der Waals surface area contributed by atoms with Crippen molar-refractivity contribution in [1.82, 2.24) is 0 Å². The van der Waals surface area contributed by atoms with Gasteiger partial charge in [0.1, 0.15) is 0 Å². The second-order valence-electron chi connectivity index (χ2n) is 4.34. The summed E-state index contributed by atoms with van der Waals surface area (Å²) in [7, 11) is 0. The third kappa shape index (κ3) is 3.18. The van der Waals surface area contributed by atoms with Crippen molar-refractivity contribution in [3.8, 4) is 0 Å². The van der Waals surface area contributed by atoms with Crippen LogP contribution >= 0.6 is 27.3 Å². The monoisotopic (exact) mass is 309 g/mol. The van der Waals surface area contributed by atoms with Crippen molar-refractivity contribution in [2.75, 3.05) is 0 Å². The van der Waals surface area contributed by atoms with Crippen LogP contribution in [0.15, 0.2) is 34.8 Å². The van der Waals surface area contributed by atoms with Crippen molar-refractivity contribution < 1.29 is 0 Å². The molecule has 17 heavy (non-hydrogen) atoms. The Morgan fingerprint density at radius 1 is 1.29 bits per heavy atom. The van der Waals surface area contributed by atoms with Gasteiger partial charge in [-0.3, -0.25) is 0 Å². The van der Waals surface area contributed by atoms with E-state index in [1.165, 1.54) is 20.9 Å². The van der Waals surface area contributed by atoms with E-state index in [0.29, 0.717) is 0 Å². The summed E-state index contributed by atoms with van der Waals surface area (Å²) in [5, 5.41) is 0. The molecule has 0 spiro atoms. The molecule has 1 unspecified atom stereocenters. The van der Waals surface area contributed by atoms with Crippen LogP contribution in [0, 0.1) is 13.8 Å². The lowest BCUT2D eigenvalue weighted by Crippen LogP contribution is -2.12. The normalized spacial score (nSPS) is 12.7. The molecule has 0 aliphatic carbocycles. The van der Waals surface area contributed by atoms with Crippen molar-refractivity contribution in [1.29, 1.82) is 0 Å². The molecular formula is C14H16BrNS. The maximum Gasteiger partial charge on any atom is 0.0433 e. The van der Waals surface area contributed by atoms with Gasteiger partial charge in [-0.1, -0.05) is 28.1 Å². The zero-order valence-electron chi connectivity index (χ0n) is 10.0. The van der Waals surface area contributed by atoms with Gasteiger partial charge in [-0.25, -0.2) is 0 Å². The Balaban J connectivity index is 2.16. The number of halogens is 1. The third-order valence-corrected chi connectivity index (χ3v) is 4.54. The first-order valence-corrected chi connectivity index (χ1v) is 7.24. The van der Waals surface area contributed by atoms with Crippen LogP contribution in [0.5, 0.6) is 0 Å². The average molecular weight is 310 g/mol. The molecular weight excluding hydrogens is 294 g/mol. The van der Waals surface area contributed by atoms with Gasteiger partial charge in [0.2, 0.25) is 0 Å². The fraction of sp³-hybridized carbons (Fsp3) is 0.286. The molecule has 90 valence electrons. The van der Waals surface area contributed by atoms with Gasteiger partial charge in [-0.15, -0.1) is 11.3 Å². The predicted molar refractivity (Wildman–Crippen MR) is 78.6 cm³/mol. The Morgan fingerprint density at radius 3 is 2.65 bits per heavy atom. The van der Waals surface area contributed by atoms with E-state index in [-0.39, 0.29) is 6.04 Å². The molecule has 0 aliphatic rings. The van der Waals surface area contributed by atoms with Gasteiger partial charge in [0.25, 0.3) is 0 Å². The van der Waals surface area contributed by atoms with Crippen LogP contribution in [0.4, 0.5) is 0 Å². The summed E-state index contributed by atoms with van der Waals surface area (Å²) >= 11 is 5.30. The SMILES string of the molecule is Cc1cc(C)c(C(N)Cc2cccc(Br)c2)s1. The van der Waals surface area contributed by atoms with Crippen LogP contribution in [0.1, 0.15) is 26.9 Å². The number of benzene rings is 1. The predicted octanol–water partition coefficient (Wildman–Crippen LogP) is 4.37. The molecule has 0 fully saturated rings. The smallest absolute Gasteiger partial charge is 0.0433 e. The van der Waals surface area contributed by atoms with Crippen LogP contribution in [0.2, 0.25) is 0 Å². The maximum absolute atomic E-state index is 6.29. The molecule has 0 radical (unpaired) electrons. The first-order chi connectivity index (χ1) is 8.06. The highest BCUT2D eigenvalue weighted by atomic mass is 79.9. The van der Waals surface area contributed by atoms with E-state index >= 15 is 0 Å². The average Bonchev–Trinajstić information content (AvgIpc) is 2.58. The molecule has 0 saturated carbocycles. The van der Waals surface area contributed by atoms with E-state index < -0.39 is 0 Å². The van der Waals surface area contributed by atoms with Crippen LogP contribution in [0.3, 0.4) is 0 Å². The van der Waals surface area contributed by atoms with Gasteiger partial charge >= 0.3 is 0 Å². The van der Waals surface area contributed by atoms with E-state index in [1.807, 2.05) is 17.4 Å². The van der Waals surface area contributed by atoms with Crippen LogP contribution in [-0.2, 0) is 6.42 Å². The summed E-state index contributed by atoms with van der Waals surface area (Å²) in [6, 6.07) is 10.7. The molecule has 1 nitrogen and oxygen atoms in total. The molecule has 0 saturated heterocycles. The molecule has 1 aromatic heterocycles. The second kappa shape index (κ2) is 5.34. The van der Waals surface area contributed by atoms with Gasteiger partial charge in [0.05, 0.1) is 0 Å². The zero-order chi connectivity index (χ0) is 12.4. The minimum atomic E-state index is 0.1000. The molecule has 0 amide bonds. The first kappa shape index (κ1) is 12.8. The maximum atomic E-state index is 6.29. The van der Waals surface area contributed by atoms with Crippen LogP contribution in [0.25, 0.3) is 0 Å². The van der Waals surface area contributed by atoms with Gasteiger partial charge in [-0.05, 0) is 49.6 Å².